The van der Waals surface area contributed by atoms with Crippen molar-refractivity contribution in [3.05, 3.63) is 29.8 Å². The van der Waals surface area contributed by atoms with Crippen LogP contribution in [0.1, 0.15) is 32.3 Å². The third kappa shape index (κ3) is 2.80. The average molecular weight is 301 g/mol. The summed E-state index contributed by atoms with van der Waals surface area (Å²) in [6.07, 6.45) is 1.57. The van der Waals surface area contributed by atoms with Crippen LogP contribution in [0, 0.1) is 18.8 Å². The molecule has 2 fully saturated rings. The van der Waals surface area contributed by atoms with E-state index in [0.29, 0.717) is 23.9 Å². The highest BCUT2D eigenvalue weighted by molar-refractivity contribution is 6.21. The summed E-state index contributed by atoms with van der Waals surface area (Å²) in [6, 6.07) is 7.43. The van der Waals surface area contributed by atoms with Crippen molar-refractivity contribution < 1.29 is 14.5 Å². The van der Waals surface area contributed by atoms with Crippen LogP contribution in [0.4, 0.5) is 5.69 Å². The van der Waals surface area contributed by atoms with Crippen molar-refractivity contribution in [2.75, 3.05) is 18.0 Å². The topological polar surface area (TPSA) is 41.8 Å². The Morgan fingerprint density at radius 3 is 2.23 bits per heavy atom. The molecule has 1 aromatic carbocycles. The van der Waals surface area contributed by atoms with Crippen molar-refractivity contribution in [2.24, 2.45) is 11.8 Å². The number of carbonyl (C=O) groups is 2. The summed E-state index contributed by atoms with van der Waals surface area (Å²) in [4.78, 5) is 27.9. The van der Waals surface area contributed by atoms with Gasteiger partial charge in [0.1, 0.15) is 0 Å². The molecule has 1 N–H and O–H groups in total. The Kier molecular flexibility index (Phi) is 4.04. The van der Waals surface area contributed by atoms with Gasteiger partial charge in [-0.3, -0.25) is 9.59 Å². The third-order valence-corrected chi connectivity index (χ3v) is 4.96. The number of anilines is 1. The van der Waals surface area contributed by atoms with Gasteiger partial charge in [0.2, 0.25) is 5.91 Å². The van der Waals surface area contributed by atoms with Crippen LogP contribution in [-0.4, -0.2) is 30.9 Å². The number of piperidine rings is 1. The summed E-state index contributed by atoms with van der Waals surface area (Å²) in [5.74, 6) is 1.16. The van der Waals surface area contributed by atoms with E-state index in [1.54, 1.807) is 0 Å². The van der Waals surface area contributed by atoms with Gasteiger partial charge in [-0.05, 0) is 25.5 Å². The Morgan fingerprint density at radius 1 is 1.05 bits per heavy atom. The molecular formula is C18H25N2O2+. The van der Waals surface area contributed by atoms with Gasteiger partial charge in [-0.15, -0.1) is 0 Å². The number of quaternary nitrogens is 1. The Labute approximate surface area is 132 Å². The molecule has 2 saturated heterocycles. The molecule has 1 aromatic rings. The Morgan fingerprint density at radius 2 is 1.64 bits per heavy atom. The minimum Gasteiger partial charge on any atom is -0.324 e. The smallest absolute Gasteiger partial charge is 0.292 e. The van der Waals surface area contributed by atoms with E-state index in [1.165, 1.54) is 16.2 Å². The largest absolute Gasteiger partial charge is 0.324 e. The van der Waals surface area contributed by atoms with E-state index in [2.05, 4.69) is 13.8 Å². The van der Waals surface area contributed by atoms with E-state index in [-0.39, 0.29) is 17.9 Å². The highest BCUT2D eigenvalue weighted by Crippen LogP contribution is 2.23. The molecule has 2 aliphatic rings. The standard InChI is InChI=1S/C18H24N2O2/c1-12-4-6-15(7-5-12)20-17(21)9-16(18(20)22)19-10-13(2)8-14(3)11-19/h4-7,13-14,16H,8-11H2,1-3H3/p+1/t13-,14-,16+/m0/s1. The highest BCUT2D eigenvalue weighted by Gasteiger charge is 2.47. The van der Waals surface area contributed by atoms with Crippen LogP contribution in [0.3, 0.4) is 0 Å². The summed E-state index contributed by atoms with van der Waals surface area (Å²) in [6.45, 7) is 8.48. The van der Waals surface area contributed by atoms with Crippen LogP contribution in [0.2, 0.25) is 0 Å². The number of rotatable bonds is 2. The van der Waals surface area contributed by atoms with Gasteiger partial charge in [-0.1, -0.05) is 31.5 Å². The van der Waals surface area contributed by atoms with Crippen molar-refractivity contribution >= 4 is 17.5 Å². The third-order valence-electron chi connectivity index (χ3n) is 4.96. The fourth-order valence-corrected chi connectivity index (χ4v) is 4.03. The van der Waals surface area contributed by atoms with Gasteiger partial charge in [0.25, 0.3) is 5.91 Å². The molecule has 0 aliphatic carbocycles. The first-order chi connectivity index (χ1) is 10.5. The molecule has 0 bridgehead atoms. The molecule has 0 radical (unpaired) electrons. The van der Waals surface area contributed by atoms with Crippen LogP contribution < -0.4 is 9.80 Å². The molecule has 0 spiro atoms. The van der Waals surface area contributed by atoms with Gasteiger partial charge < -0.3 is 4.90 Å². The van der Waals surface area contributed by atoms with Gasteiger partial charge in [-0.2, -0.15) is 0 Å². The number of nitrogens with one attached hydrogen (secondary N) is 1. The molecule has 3 atom stereocenters. The predicted molar refractivity (Wildman–Crippen MR) is 85.7 cm³/mol. The second-order valence-electron chi connectivity index (χ2n) is 7.17. The molecule has 4 nitrogen and oxygen atoms in total. The first kappa shape index (κ1) is 15.2. The van der Waals surface area contributed by atoms with Crippen molar-refractivity contribution in [3.63, 3.8) is 0 Å². The second kappa shape index (κ2) is 5.84. The second-order valence-corrected chi connectivity index (χ2v) is 7.17. The predicted octanol–water partition coefficient (Wildman–Crippen LogP) is 1.19. The molecule has 2 heterocycles. The summed E-state index contributed by atoms with van der Waals surface area (Å²) in [7, 11) is 0. The van der Waals surface area contributed by atoms with Gasteiger partial charge in [0.05, 0.1) is 25.2 Å². The van der Waals surface area contributed by atoms with Crippen LogP contribution in [0.5, 0.6) is 0 Å². The molecule has 2 amide bonds. The lowest BCUT2D eigenvalue weighted by molar-refractivity contribution is -0.926. The minimum atomic E-state index is -0.195. The average Bonchev–Trinajstić information content (AvgIpc) is 2.74. The molecule has 3 rings (SSSR count). The molecule has 0 aromatic heterocycles. The first-order valence-corrected chi connectivity index (χ1v) is 8.23. The summed E-state index contributed by atoms with van der Waals surface area (Å²) >= 11 is 0. The van der Waals surface area contributed by atoms with Crippen LogP contribution in [0.25, 0.3) is 0 Å². The first-order valence-electron chi connectivity index (χ1n) is 8.23. The fraction of sp³-hybridized carbons (Fsp3) is 0.556. The normalized spacial score (nSPS) is 32.6. The van der Waals surface area contributed by atoms with Crippen LogP contribution in [-0.2, 0) is 9.59 Å². The molecule has 2 aliphatic heterocycles. The Bertz CT molecular complexity index is 571. The number of aryl methyl sites for hydroxylation is 1. The lowest BCUT2D eigenvalue weighted by Crippen LogP contribution is -3.18. The quantitative estimate of drug-likeness (QED) is 0.834. The lowest BCUT2D eigenvalue weighted by Gasteiger charge is -2.34. The maximum atomic E-state index is 12.8. The molecule has 4 heteroatoms. The molecule has 0 saturated carbocycles. The van der Waals surface area contributed by atoms with Gasteiger partial charge in [0.15, 0.2) is 6.04 Å². The lowest BCUT2D eigenvalue weighted by atomic mass is 9.90. The van der Waals surface area contributed by atoms with E-state index < -0.39 is 0 Å². The summed E-state index contributed by atoms with van der Waals surface area (Å²) in [5.41, 5.74) is 1.84. The van der Waals surface area contributed by atoms with E-state index in [9.17, 15) is 9.59 Å². The Hall–Kier alpha value is -1.68. The SMILES string of the molecule is Cc1ccc(N2C(=O)C[C@@H]([NH+]3C[C@@H](C)C[C@H](C)C3)C2=O)cc1. The zero-order valence-electron chi connectivity index (χ0n) is 13.6. The van der Waals surface area contributed by atoms with Crippen molar-refractivity contribution in [1.29, 1.82) is 0 Å². The van der Waals surface area contributed by atoms with Crippen molar-refractivity contribution in [3.8, 4) is 0 Å². The summed E-state index contributed by atoms with van der Waals surface area (Å²) in [5, 5.41) is 0. The molecule has 118 valence electrons. The van der Waals surface area contributed by atoms with Crippen LogP contribution in [0.15, 0.2) is 24.3 Å². The zero-order valence-corrected chi connectivity index (χ0v) is 13.6. The van der Waals surface area contributed by atoms with E-state index in [4.69, 9.17) is 0 Å². The molecular weight excluding hydrogens is 276 g/mol. The number of benzene rings is 1. The van der Waals surface area contributed by atoms with Gasteiger partial charge in [0, 0.05) is 11.8 Å². The maximum absolute atomic E-state index is 12.8. The number of nitrogens with zero attached hydrogens (tertiary/aromatic N) is 1. The molecule has 22 heavy (non-hydrogen) atoms. The van der Waals surface area contributed by atoms with Crippen molar-refractivity contribution in [1.82, 2.24) is 0 Å². The maximum Gasteiger partial charge on any atom is 0.292 e. The monoisotopic (exact) mass is 301 g/mol. The minimum absolute atomic E-state index is 0.0230. The summed E-state index contributed by atoms with van der Waals surface area (Å²) < 4.78 is 0. The molecule has 0 unspecified atom stereocenters. The number of hydrogen-bond donors (Lipinski definition) is 1. The fourth-order valence-electron chi connectivity index (χ4n) is 4.03. The van der Waals surface area contributed by atoms with E-state index in [0.717, 1.165) is 18.7 Å². The highest BCUT2D eigenvalue weighted by atomic mass is 16.2. The number of likely N-dealkylation sites (tertiary alicyclic amines) is 1. The van der Waals surface area contributed by atoms with Gasteiger partial charge >= 0.3 is 0 Å². The van der Waals surface area contributed by atoms with E-state index in [1.807, 2.05) is 31.2 Å². The van der Waals surface area contributed by atoms with Crippen molar-refractivity contribution in [2.45, 2.75) is 39.7 Å². The number of hydrogen-bond acceptors (Lipinski definition) is 2. The zero-order chi connectivity index (χ0) is 15.9. The van der Waals surface area contributed by atoms with Crippen LogP contribution >= 0.6 is 0 Å². The number of carbonyl (C=O) groups excluding carboxylic acids is 2. The van der Waals surface area contributed by atoms with Gasteiger partial charge in [-0.25, -0.2) is 4.90 Å². The number of imide groups is 1. The number of amides is 2. The Balaban J connectivity index is 1.80. The van der Waals surface area contributed by atoms with E-state index >= 15 is 0 Å².